The molecule has 2 aromatic carbocycles. The van der Waals surface area contributed by atoms with Crippen molar-refractivity contribution in [2.75, 3.05) is 6.54 Å². The molecule has 1 aliphatic heterocycles. The molecule has 1 aromatic heterocycles. The van der Waals surface area contributed by atoms with E-state index in [1.54, 1.807) is 0 Å². The second kappa shape index (κ2) is 7.56. The summed E-state index contributed by atoms with van der Waals surface area (Å²) in [6, 6.07) is 16.4. The minimum Gasteiger partial charge on any atom is -0.294 e. The Balaban J connectivity index is 1.52. The van der Waals surface area contributed by atoms with Gasteiger partial charge >= 0.3 is 0 Å². The van der Waals surface area contributed by atoms with Crippen LogP contribution in [0.25, 0.3) is 11.4 Å². The number of aromatic nitrogens is 2. The van der Waals surface area contributed by atoms with Gasteiger partial charge in [0.05, 0.1) is 5.69 Å². The first kappa shape index (κ1) is 17.2. The second-order valence-electron chi connectivity index (χ2n) is 6.76. The molecule has 2 heterocycles. The van der Waals surface area contributed by atoms with Crippen molar-refractivity contribution >= 4 is 11.6 Å². The molecular formula is C22H22ClN3. The third-order valence-corrected chi connectivity index (χ3v) is 5.26. The zero-order valence-electron chi connectivity index (χ0n) is 15.0. The number of halogens is 1. The molecule has 0 atom stereocenters. The third-order valence-electron chi connectivity index (χ3n) is 5.01. The van der Waals surface area contributed by atoms with E-state index in [1.165, 1.54) is 22.4 Å². The average Bonchev–Trinajstić information content (AvgIpc) is 2.68. The van der Waals surface area contributed by atoms with Crippen LogP contribution in [0.2, 0.25) is 5.02 Å². The van der Waals surface area contributed by atoms with Gasteiger partial charge in [0.15, 0.2) is 5.82 Å². The molecule has 0 saturated carbocycles. The Morgan fingerprint density at radius 2 is 1.81 bits per heavy atom. The van der Waals surface area contributed by atoms with Gasteiger partial charge in [-0.25, -0.2) is 9.97 Å². The lowest BCUT2D eigenvalue weighted by Crippen LogP contribution is -2.31. The van der Waals surface area contributed by atoms with Gasteiger partial charge in [0.25, 0.3) is 0 Å². The molecule has 4 rings (SSSR count). The van der Waals surface area contributed by atoms with E-state index < -0.39 is 0 Å². The summed E-state index contributed by atoms with van der Waals surface area (Å²) >= 11 is 5.97. The van der Waals surface area contributed by atoms with Crippen LogP contribution in [-0.2, 0) is 25.9 Å². The van der Waals surface area contributed by atoms with Crippen molar-refractivity contribution < 1.29 is 0 Å². The molecule has 0 saturated heterocycles. The van der Waals surface area contributed by atoms with E-state index in [1.807, 2.05) is 30.5 Å². The van der Waals surface area contributed by atoms with E-state index in [-0.39, 0.29) is 0 Å². The lowest BCUT2D eigenvalue weighted by atomic mass is 10.0. The Labute approximate surface area is 159 Å². The van der Waals surface area contributed by atoms with Crippen LogP contribution in [0.1, 0.15) is 29.3 Å². The van der Waals surface area contributed by atoms with Crippen LogP contribution in [0.15, 0.2) is 54.7 Å². The molecule has 0 bridgehead atoms. The zero-order valence-corrected chi connectivity index (χ0v) is 15.7. The topological polar surface area (TPSA) is 29.0 Å². The Bertz CT molecular complexity index is 906. The number of aryl methyl sites for hydroxylation is 1. The zero-order chi connectivity index (χ0) is 17.9. The van der Waals surface area contributed by atoms with E-state index >= 15 is 0 Å². The molecule has 0 spiro atoms. The molecule has 3 nitrogen and oxygen atoms in total. The first-order chi connectivity index (χ1) is 12.7. The summed E-state index contributed by atoms with van der Waals surface area (Å²) in [4.78, 5) is 11.9. The molecule has 0 amide bonds. The van der Waals surface area contributed by atoms with Crippen LogP contribution < -0.4 is 0 Å². The van der Waals surface area contributed by atoms with Crippen molar-refractivity contribution in [2.45, 2.75) is 32.9 Å². The Morgan fingerprint density at radius 3 is 2.58 bits per heavy atom. The van der Waals surface area contributed by atoms with Crippen LogP contribution in [0, 0.1) is 0 Å². The summed E-state index contributed by atoms with van der Waals surface area (Å²) in [5.74, 6) is 0.783. The molecule has 0 fully saturated rings. The number of hydrogen-bond donors (Lipinski definition) is 0. The van der Waals surface area contributed by atoms with Crippen molar-refractivity contribution in [2.24, 2.45) is 0 Å². The van der Waals surface area contributed by atoms with Gasteiger partial charge in [-0.05, 0) is 41.8 Å². The average molecular weight is 364 g/mol. The Kier molecular flexibility index (Phi) is 5.00. The summed E-state index contributed by atoms with van der Waals surface area (Å²) in [7, 11) is 0. The number of rotatable bonds is 4. The van der Waals surface area contributed by atoms with Gasteiger partial charge in [-0.2, -0.15) is 0 Å². The van der Waals surface area contributed by atoms with Crippen LogP contribution in [0.4, 0.5) is 0 Å². The first-order valence-electron chi connectivity index (χ1n) is 9.13. The predicted octanol–water partition coefficient (Wildman–Crippen LogP) is 4.92. The number of hydrogen-bond acceptors (Lipinski definition) is 3. The lowest BCUT2D eigenvalue weighted by Gasteiger charge is -2.28. The molecule has 4 heteroatoms. The van der Waals surface area contributed by atoms with Crippen LogP contribution in [0.3, 0.4) is 0 Å². The maximum absolute atomic E-state index is 5.97. The van der Waals surface area contributed by atoms with Gasteiger partial charge in [0.2, 0.25) is 0 Å². The minimum absolute atomic E-state index is 0.731. The molecule has 26 heavy (non-hydrogen) atoms. The minimum atomic E-state index is 0.731. The van der Waals surface area contributed by atoms with Crippen LogP contribution in [0.5, 0.6) is 0 Å². The number of nitrogens with zero attached hydrogens (tertiary/aromatic N) is 3. The van der Waals surface area contributed by atoms with Gasteiger partial charge in [0.1, 0.15) is 0 Å². The fourth-order valence-electron chi connectivity index (χ4n) is 3.55. The molecule has 132 valence electrons. The van der Waals surface area contributed by atoms with Crippen molar-refractivity contribution in [3.8, 4) is 11.4 Å². The van der Waals surface area contributed by atoms with Crippen LogP contribution >= 0.6 is 11.6 Å². The van der Waals surface area contributed by atoms with E-state index in [2.05, 4.69) is 41.1 Å². The van der Waals surface area contributed by atoms with Crippen molar-refractivity contribution in [1.82, 2.24) is 14.9 Å². The third kappa shape index (κ3) is 3.64. The first-order valence-corrected chi connectivity index (χ1v) is 9.50. The highest BCUT2D eigenvalue weighted by molar-refractivity contribution is 6.30. The smallest absolute Gasteiger partial charge is 0.159 e. The van der Waals surface area contributed by atoms with Crippen molar-refractivity contribution in [1.29, 1.82) is 0 Å². The van der Waals surface area contributed by atoms with E-state index in [0.717, 1.165) is 48.9 Å². The summed E-state index contributed by atoms with van der Waals surface area (Å²) in [6.07, 6.45) is 4.03. The van der Waals surface area contributed by atoms with Crippen LogP contribution in [-0.4, -0.2) is 21.4 Å². The highest BCUT2D eigenvalue weighted by atomic mass is 35.5. The van der Waals surface area contributed by atoms with E-state index in [4.69, 9.17) is 16.6 Å². The number of benzene rings is 2. The quantitative estimate of drug-likeness (QED) is 0.659. The monoisotopic (exact) mass is 363 g/mol. The highest BCUT2D eigenvalue weighted by Crippen LogP contribution is 2.23. The molecule has 0 aliphatic carbocycles. The van der Waals surface area contributed by atoms with Gasteiger partial charge in [0, 0.05) is 48.4 Å². The van der Waals surface area contributed by atoms with Crippen molar-refractivity contribution in [3.05, 3.63) is 82.1 Å². The maximum Gasteiger partial charge on any atom is 0.159 e. The lowest BCUT2D eigenvalue weighted by molar-refractivity contribution is 0.242. The highest BCUT2D eigenvalue weighted by Gasteiger charge is 2.19. The Morgan fingerprint density at radius 1 is 1.04 bits per heavy atom. The molecule has 1 aliphatic rings. The van der Waals surface area contributed by atoms with Gasteiger partial charge < -0.3 is 0 Å². The van der Waals surface area contributed by atoms with Gasteiger partial charge in [-0.15, -0.1) is 0 Å². The van der Waals surface area contributed by atoms with E-state index in [9.17, 15) is 0 Å². The van der Waals surface area contributed by atoms with Crippen molar-refractivity contribution in [3.63, 3.8) is 0 Å². The maximum atomic E-state index is 5.97. The molecule has 3 aromatic rings. The SMILES string of the molecule is CCc1ccccc1CN1CCc2nc(-c3ccc(Cl)cc3)ncc2C1. The van der Waals surface area contributed by atoms with E-state index in [0.29, 0.717) is 0 Å². The fraction of sp³-hybridized carbons (Fsp3) is 0.273. The Hall–Kier alpha value is -2.23. The molecule has 0 radical (unpaired) electrons. The normalized spacial score (nSPS) is 14.2. The largest absolute Gasteiger partial charge is 0.294 e. The number of fused-ring (bicyclic) bond motifs is 1. The summed E-state index contributed by atoms with van der Waals surface area (Å²) in [5.41, 5.74) is 6.29. The molecular weight excluding hydrogens is 342 g/mol. The van der Waals surface area contributed by atoms with Gasteiger partial charge in [-0.3, -0.25) is 4.90 Å². The predicted molar refractivity (Wildman–Crippen MR) is 106 cm³/mol. The van der Waals surface area contributed by atoms with Gasteiger partial charge in [-0.1, -0.05) is 42.8 Å². The standard InChI is InChI=1S/C22H22ClN3/c1-2-16-5-3-4-6-18(16)14-26-12-11-21-19(15-26)13-24-22(25-21)17-7-9-20(23)10-8-17/h3-10,13H,2,11-12,14-15H2,1H3. The molecule has 0 unspecified atom stereocenters. The second-order valence-corrected chi connectivity index (χ2v) is 7.19. The summed E-state index contributed by atoms with van der Waals surface area (Å²) < 4.78 is 0. The summed E-state index contributed by atoms with van der Waals surface area (Å²) in [6.45, 7) is 5.15. The summed E-state index contributed by atoms with van der Waals surface area (Å²) in [5, 5.41) is 0.731. The fourth-order valence-corrected chi connectivity index (χ4v) is 3.67. The molecule has 0 N–H and O–H groups in total.